The number of nitrogens with zero attached hydrogens (tertiary/aromatic N) is 4. The van der Waals surface area contributed by atoms with Gasteiger partial charge in [0.15, 0.2) is 5.82 Å². The van der Waals surface area contributed by atoms with E-state index >= 15 is 0 Å². The van der Waals surface area contributed by atoms with Crippen LogP contribution in [0.5, 0.6) is 0 Å². The minimum absolute atomic E-state index is 0.139. The summed E-state index contributed by atoms with van der Waals surface area (Å²) < 4.78 is 7.77. The second kappa shape index (κ2) is 6.42. The Morgan fingerprint density at radius 2 is 2.20 bits per heavy atom. The van der Waals surface area contributed by atoms with E-state index in [9.17, 15) is 9.90 Å². The zero-order chi connectivity index (χ0) is 17.6. The molecule has 2 aromatic heterocycles. The minimum Gasteiger partial charge on any atom is -0.393 e. The standard InChI is InChI=1S/C17H25N5O3/c1-10-8-21(6-5-13(10)23)15-14-16(20-17(24)19-15)22(11(2)18-14)9-12-4-3-7-25-12/h10,12-13,23H,3-9H2,1-2H3,(H,19,20,24)/t10-,12+,13-/m1/s1. The van der Waals surface area contributed by atoms with Gasteiger partial charge in [-0.2, -0.15) is 4.98 Å². The molecule has 0 aromatic carbocycles. The minimum atomic E-state index is -0.366. The molecule has 4 rings (SSSR count). The van der Waals surface area contributed by atoms with Gasteiger partial charge in [0, 0.05) is 19.7 Å². The van der Waals surface area contributed by atoms with Crippen LogP contribution in [0.4, 0.5) is 5.82 Å². The summed E-state index contributed by atoms with van der Waals surface area (Å²) in [7, 11) is 0. The Morgan fingerprint density at radius 1 is 1.36 bits per heavy atom. The Kier molecular flexibility index (Phi) is 4.24. The predicted octanol–water partition coefficient (Wildman–Crippen LogP) is 0.814. The van der Waals surface area contributed by atoms with Crippen molar-refractivity contribution in [2.75, 3.05) is 24.6 Å². The van der Waals surface area contributed by atoms with Crippen molar-refractivity contribution in [2.45, 2.75) is 51.9 Å². The first-order chi connectivity index (χ1) is 12.0. The summed E-state index contributed by atoms with van der Waals surface area (Å²) in [5, 5.41) is 9.97. The van der Waals surface area contributed by atoms with E-state index in [4.69, 9.17) is 4.74 Å². The lowest BCUT2D eigenvalue weighted by Gasteiger charge is -2.34. The fraction of sp³-hybridized carbons (Fsp3) is 0.706. The van der Waals surface area contributed by atoms with Gasteiger partial charge in [0.05, 0.1) is 18.8 Å². The van der Waals surface area contributed by atoms with Gasteiger partial charge in [-0.3, -0.25) is 4.98 Å². The third-order valence-corrected chi connectivity index (χ3v) is 5.37. The van der Waals surface area contributed by atoms with Crippen molar-refractivity contribution in [2.24, 2.45) is 5.92 Å². The third kappa shape index (κ3) is 3.04. The fourth-order valence-electron chi connectivity index (χ4n) is 3.89. The van der Waals surface area contributed by atoms with Gasteiger partial charge < -0.3 is 19.3 Å². The predicted molar refractivity (Wildman–Crippen MR) is 93.9 cm³/mol. The molecule has 0 unspecified atom stereocenters. The number of fused-ring (bicyclic) bond motifs is 1. The van der Waals surface area contributed by atoms with E-state index in [1.54, 1.807) is 0 Å². The summed E-state index contributed by atoms with van der Waals surface area (Å²) in [6.07, 6.45) is 2.65. The number of imidazole rings is 1. The number of aryl methyl sites for hydroxylation is 1. The number of aliphatic hydroxyl groups excluding tert-OH is 1. The van der Waals surface area contributed by atoms with Gasteiger partial charge in [-0.05, 0) is 32.1 Å². The molecule has 8 heteroatoms. The van der Waals surface area contributed by atoms with Gasteiger partial charge in [0.1, 0.15) is 17.0 Å². The van der Waals surface area contributed by atoms with Crippen LogP contribution in [-0.2, 0) is 11.3 Å². The summed E-state index contributed by atoms with van der Waals surface area (Å²) in [5.74, 6) is 1.60. The average molecular weight is 347 g/mol. The molecule has 0 bridgehead atoms. The lowest BCUT2D eigenvalue weighted by atomic mass is 9.97. The smallest absolute Gasteiger partial charge is 0.348 e. The maximum atomic E-state index is 12.2. The molecule has 2 aliphatic rings. The van der Waals surface area contributed by atoms with Crippen LogP contribution in [0, 0.1) is 12.8 Å². The second-order valence-corrected chi connectivity index (χ2v) is 7.25. The molecule has 0 amide bonds. The van der Waals surface area contributed by atoms with Crippen molar-refractivity contribution in [1.29, 1.82) is 0 Å². The fourth-order valence-corrected chi connectivity index (χ4v) is 3.89. The second-order valence-electron chi connectivity index (χ2n) is 7.25. The molecule has 8 nitrogen and oxygen atoms in total. The van der Waals surface area contributed by atoms with Crippen molar-refractivity contribution in [3.8, 4) is 0 Å². The van der Waals surface area contributed by atoms with Gasteiger partial charge in [-0.25, -0.2) is 9.78 Å². The summed E-state index contributed by atoms with van der Waals surface area (Å²) in [6.45, 7) is 6.80. The molecule has 2 fully saturated rings. The molecule has 25 heavy (non-hydrogen) atoms. The van der Waals surface area contributed by atoms with Crippen LogP contribution < -0.4 is 10.6 Å². The van der Waals surface area contributed by atoms with Crippen LogP contribution in [0.25, 0.3) is 11.2 Å². The highest BCUT2D eigenvalue weighted by molar-refractivity contribution is 5.84. The van der Waals surface area contributed by atoms with E-state index < -0.39 is 0 Å². The number of aromatic nitrogens is 4. The number of anilines is 1. The topological polar surface area (TPSA) is 96.3 Å². The number of aliphatic hydroxyl groups is 1. The summed E-state index contributed by atoms with van der Waals surface area (Å²) in [6, 6.07) is 0. The quantitative estimate of drug-likeness (QED) is 0.853. The van der Waals surface area contributed by atoms with Gasteiger partial charge >= 0.3 is 5.69 Å². The number of hydrogen-bond donors (Lipinski definition) is 2. The molecular weight excluding hydrogens is 322 g/mol. The Labute approximate surface area is 145 Å². The van der Waals surface area contributed by atoms with Gasteiger partial charge in [-0.1, -0.05) is 6.92 Å². The lowest BCUT2D eigenvalue weighted by Crippen LogP contribution is -2.43. The maximum absolute atomic E-state index is 12.2. The first kappa shape index (κ1) is 16.5. The van der Waals surface area contributed by atoms with E-state index in [1.165, 1.54) is 0 Å². The molecule has 2 N–H and O–H groups in total. The van der Waals surface area contributed by atoms with Crippen LogP contribution in [0.1, 0.15) is 32.0 Å². The summed E-state index contributed by atoms with van der Waals surface area (Å²) in [5.41, 5.74) is 1.07. The molecule has 0 spiro atoms. The van der Waals surface area contributed by atoms with Crippen molar-refractivity contribution >= 4 is 17.0 Å². The van der Waals surface area contributed by atoms with Crippen LogP contribution in [0.2, 0.25) is 0 Å². The Bertz CT molecular complexity index is 824. The zero-order valence-electron chi connectivity index (χ0n) is 14.7. The Hall–Kier alpha value is -1.93. The monoisotopic (exact) mass is 347 g/mol. The van der Waals surface area contributed by atoms with Crippen molar-refractivity contribution in [3.63, 3.8) is 0 Å². The van der Waals surface area contributed by atoms with Crippen molar-refractivity contribution in [3.05, 3.63) is 16.3 Å². The number of rotatable bonds is 3. The normalized spacial score (nSPS) is 27.3. The van der Waals surface area contributed by atoms with E-state index in [0.717, 1.165) is 30.8 Å². The summed E-state index contributed by atoms with van der Waals surface area (Å²) in [4.78, 5) is 26.0. The van der Waals surface area contributed by atoms with E-state index in [1.807, 2.05) is 18.4 Å². The first-order valence-corrected chi connectivity index (χ1v) is 9.04. The van der Waals surface area contributed by atoms with Crippen LogP contribution in [-0.4, -0.2) is 56.5 Å². The van der Waals surface area contributed by atoms with Crippen LogP contribution >= 0.6 is 0 Å². The Morgan fingerprint density at radius 3 is 2.92 bits per heavy atom. The molecule has 0 saturated carbocycles. The molecule has 136 valence electrons. The number of H-pyrrole nitrogens is 1. The number of ether oxygens (including phenoxy) is 1. The average Bonchev–Trinajstić information content (AvgIpc) is 3.19. The molecule has 0 aliphatic carbocycles. The highest BCUT2D eigenvalue weighted by Crippen LogP contribution is 2.27. The molecular formula is C17H25N5O3. The SMILES string of the molecule is Cc1nc2c(N3CC[C@@H](O)[C@H](C)C3)nc(=O)[nH]c2n1C[C@@H]1CCCO1. The van der Waals surface area contributed by atoms with Crippen LogP contribution in [0.15, 0.2) is 4.79 Å². The zero-order valence-corrected chi connectivity index (χ0v) is 14.7. The molecule has 3 atom stereocenters. The molecule has 0 radical (unpaired) electrons. The first-order valence-electron chi connectivity index (χ1n) is 9.04. The number of nitrogens with one attached hydrogen (secondary N) is 1. The van der Waals surface area contributed by atoms with E-state index in [-0.39, 0.29) is 23.8 Å². The van der Waals surface area contributed by atoms with E-state index in [0.29, 0.717) is 37.5 Å². The molecule has 2 aromatic rings. The molecule has 4 heterocycles. The molecule has 2 aliphatic heterocycles. The van der Waals surface area contributed by atoms with Crippen molar-refractivity contribution in [1.82, 2.24) is 19.5 Å². The van der Waals surface area contributed by atoms with Crippen LogP contribution in [0.3, 0.4) is 0 Å². The number of hydrogen-bond acceptors (Lipinski definition) is 6. The van der Waals surface area contributed by atoms with Gasteiger partial charge in [-0.15, -0.1) is 0 Å². The highest BCUT2D eigenvalue weighted by Gasteiger charge is 2.28. The lowest BCUT2D eigenvalue weighted by molar-refractivity contribution is 0.0967. The maximum Gasteiger partial charge on any atom is 0.348 e. The third-order valence-electron chi connectivity index (χ3n) is 5.37. The summed E-state index contributed by atoms with van der Waals surface area (Å²) >= 11 is 0. The Balaban J connectivity index is 1.74. The number of aromatic amines is 1. The number of piperidine rings is 1. The van der Waals surface area contributed by atoms with Gasteiger partial charge in [0.2, 0.25) is 0 Å². The largest absolute Gasteiger partial charge is 0.393 e. The van der Waals surface area contributed by atoms with Gasteiger partial charge in [0.25, 0.3) is 0 Å². The highest BCUT2D eigenvalue weighted by atomic mass is 16.5. The van der Waals surface area contributed by atoms with E-state index in [2.05, 4.69) is 19.9 Å². The molecule has 2 saturated heterocycles. The van der Waals surface area contributed by atoms with Crippen molar-refractivity contribution < 1.29 is 9.84 Å².